The SMILES string of the molecule is Cc1ccn2c(=O)c(C(=O)NC3CCCCC3C)c(O)nc2c1. The molecule has 0 aromatic carbocycles. The number of rotatable bonds is 2. The third-order valence-electron chi connectivity index (χ3n) is 4.62. The maximum absolute atomic E-state index is 12.5. The van der Waals surface area contributed by atoms with Gasteiger partial charge in [0.25, 0.3) is 11.5 Å². The molecule has 6 heteroatoms. The van der Waals surface area contributed by atoms with Crippen molar-refractivity contribution in [1.82, 2.24) is 14.7 Å². The zero-order chi connectivity index (χ0) is 16.6. The van der Waals surface area contributed by atoms with E-state index in [2.05, 4.69) is 17.2 Å². The molecule has 0 aliphatic heterocycles. The third-order valence-corrected chi connectivity index (χ3v) is 4.62. The summed E-state index contributed by atoms with van der Waals surface area (Å²) in [5, 5.41) is 13.0. The smallest absolute Gasteiger partial charge is 0.274 e. The summed E-state index contributed by atoms with van der Waals surface area (Å²) in [6.45, 7) is 3.96. The molecular formula is C17H21N3O3. The molecule has 6 nitrogen and oxygen atoms in total. The van der Waals surface area contributed by atoms with E-state index < -0.39 is 17.3 Å². The summed E-state index contributed by atoms with van der Waals surface area (Å²) in [6.07, 6.45) is 5.76. The van der Waals surface area contributed by atoms with Crippen molar-refractivity contribution in [3.05, 3.63) is 39.8 Å². The third kappa shape index (κ3) is 2.93. The summed E-state index contributed by atoms with van der Waals surface area (Å²) >= 11 is 0. The molecule has 2 unspecified atom stereocenters. The summed E-state index contributed by atoms with van der Waals surface area (Å²) in [4.78, 5) is 29.0. The van der Waals surface area contributed by atoms with Crippen LogP contribution < -0.4 is 10.9 Å². The van der Waals surface area contributed by atoms with Gasteiger partial charge < -0.3 is 10.4 Å². The largest absolute Gasteiger partial charge is 0.493 e. The van der Waals surface area contributed by atoms with Crippen LogP contribution in [-0.4, -0.2) is 26.4 Å². The highest BCUT2D eigenvalue weighted by molar-refractivity contribution is 5.96. The van der Waals surface area contributed by atoms with E-state index in [-0.39, 0.29) is 11.6 Å². The maximum atomic E-state index is 12.5. The number of nitrogens with one attached hydrogen (secondary N) is 1. The number of pyridine rings is 1. The molecular weight excluding hydrogens is 294 g/mol. The van der Waals surface area contributed by atoms with Crippen molar-refractivity contribution in [2.24, 2.45) is 5.92 Å². The van der Waals surface area contributed by atoms with Gasteiger partial charge in [-0.25, -0.2) is 0 Å². The lowest BCUT2D eigenvalue weighted by atomic mass is 9.86. The molecule has 1 aliphatic rings. The minimum absolute atomic E-state index is 0.0359. The van der Waals surface area contributed by atoms with Gasteiger partial charge >= 0.3 is 0 Å². The average Bonchev–Trinajstić information content (AvgIpc) is 2.49. The number of hydrogen-bond acceptors (Lipinski definition) is 4. The van der Waals surface area contributed by atoms with Crippen LogP contribution in [-0.2, 0) is 0 Å². The Hall–Kier alpha value is -2.37. The number of aromatic hydroxyl groups is 1. The minimum atomic E-state index is -0.548. The number of nitrogens with zero attached hydrogens (tertiary/aromatic N) is 2. The first-order valence-electron chi connectivity index (χ1n) is 8.00. The topological polar surface area (TPSA) is 83.7 Å². The normalized spacial score (nSPS) is 21.3. The van der Waals surface area contributed by atoms with Gasteiger partial charge in [0.15, 0.2) is 5.56 Å². The van der Waals surface area contributed by atoms with Gasteiger partial charge in [0.1, 0.15) is 5.65 Å². The first-order chi connectivity index (χ1) is 11.0. The average molecular weight is 315 g/mol. The Bertz CT molecular complexity index is 813. The first-order valence-corrected chi connectivity index (χ1v) is 8.00. The van der Waals surface area contributed by atoms with Crippen LogP contribution in [0.1, 0.15) is 48.5 Å². The Balaban J connectivity index is 1.97. The van der Waals surface area contributed by atoms with Crippen molar-refractivity contribution in [2.45, 2.75) is 45.6 Å². The highest BCUT2D eigenvalue weighted by Gasteiger charge is 2.26. The van der Waals surface area contributed by atoms with Crippen LogP contribution in [0, 0.1) is 12.8 Å². The number of aryl methyl sites for hydroxylation is 1. The van der Waals surface area contributed by atoms with Gasteiger partial charge in [-0.3, -0.25) is 14.0 Å². The molecule has 0 bridgehead atoms. The highest BCUT2D eigenvalue weighted by Crippen LogP contribution is 2.24. The van der Waals surface area contributed by atoms with Crippen LogP contribution in [0.15, 0.2) is 23.1 Å². The number of amides is 1. The number of carbonyl (C=O) groups excluding carboxylic acids is 1. The van der Waals surface area contributed by atoms with E-state index in [0.29, 0.717) is 11.6 Å². The zero-order valence-electron chi connectivity index (χ0n) is 13.4. The Morgan fingerprint density at radius 2 is 2.13 bits per heavy atom. The number of hydrogen-bond donors (Lipinski definition) is 2. The second kappa shape index (κ2) is 6.02. The minimum Gasteiger partial charge on any atom is -0.493 e. The summed E-state index contributed by atoms with van der Waals surface area (Å²) in [5.74, 6) is -0.691. The molecule has 0 spiro atoms. The molecule has 0 saturated heterocycles. The second-order valence-electron chi connectivity index (χ2n) is 6.39. The Kier molecular flexibility index (Phi) is 4.07. The van der Waals surface area contributed by atoms with E-state index in [1.807, 2.05) is 6.92 Å². The number of fused-ring (bicyclic) bond motifs is 1. The van der Waals surface area contributed by atoms with Crippen molar-refractivity contribution < 1.29 is 9.90 Å². The predicted molar refractivity (Wildman–Crippen MR) is 86.8 cm³/mol. The fraction of sp³-hybridized carbons (Fsp3) is 0.471. The van der Waals surface area contributed by atoms with E-state index in [9.17, 15) is 14.7 Å². The Labute approximate surface area is 134 Å². The summed E-state index contributed by atoms with van der Waals surface area (Å²) in [7, 11) is 0. The van der Waals surface area contributed by atoms with E-state index in [0.717, 1.165) is 24.8 Å². The number of aromatic nitrogens is 2. The molecule has 1 aliphatic carbocycles. The molecule has 2 N–H and O–H groups in total. The Morgan fingerprint density at radius 3 is 2.87 bits per heavy atom. The van der Waals surface area contributed by atoms with Crippen molar-refractivity contribution in [3.63, 3.8) is 0 Å². The van der Waals surface area contributed by atoms with Gasteiger partial charge in [-0.05, 0) is 43.4 Å². The molecule has 0 radical (unpaired) electrons. The molecule has 2 atom stereocenters. The summed E-state index contributed by atoms with van der Waals surface area (Å²) < 4.78 is 1.28. The highest BCUT2D eigenvalue weighted by atomic mass is 16.3. The van der Waals surface area contributed by atoms with Gasteiger partial charge in [0, 0.05) is 12.2 Å². The van der Waals surface area contributed by atoms with Gasteiger partial charge in [-0.2, -0.15) is 4.98 Å². The van der Waals surface area contributed by atoms with Crippen LogP contribution in [0.25, 0.3) is 5.65 Å². The quantitative estimate of drug-likeness (QED) is 0.888. The molecule has 1 saturated carbocycles. The van der Waals surface area contributed by atoms with Crippen molar-refractivity contribution in [1.29, 1.82) is 0 Å². The lowest BCUT2D eigenvalue weighted by Crippen LogP contribution is -2.43. The molecule has 2 heterocycles. The van der Waals surface area contributed by atoms with Gasteiger partial charge in [0.05, 0.1) is 0 Å². The van der Waals surface area contributed by atoms with Crippen LogP contribution in [0.4, 0.5) is 0 Å². The molecule has 2 aromatic rings. The lowest BCUT2D eigenvalue weighted by molar-refractivity contribution is 0.0905. The fourth-order valence-electron chi connectivity index (χ4n) is 3.20. The summed E-state index contributed by atoms with van der Waals surface area (Å²) in [5.41, 5.74) is 0.414. The van der Waals surface area contributed by atoms with Crippen LogP contribution in [0.5, 0.6) is 5.88 Å². The zero-order valence-corrected chi connectivity index (χ0v) is 13.4. The molecule has 23 heavy (non-hydrogen) atoms. The molecule has 3 rings (SSSR count). The van der Waals surface area contributed by atoms with Crippen molar-refractivity contribution in [2.75, 3.05) is 0 Å². The summed E-state index contributed by atoms with van der Waals surface area (Å²) in [6, 6.07) is 3.48. The molecule has 1 fully saturated rings. The van der Waals surface area contributed by atoms with Crippen LogP contribution >= 0.6 is 0 Å². The van der Waals surface area contributed by atoms with Gasteiger partial charge in [0.2, 0.25) is 5.88 Å². The van der Waals surface area contributed by atoms with Crippen LogP contribution in [0.2, 0.25) is 0 Å². The monoisotopic (exact) mass is 315 g/mol. The Morgan fingerprint density at radius 1 is 1.39 bits per heavy atom. The second-order valence-corrected chi connectivity index (χ2v) is 6.39. The first kappa shape index (κ1) is 15.5. The van der Waals surface area contributed by atoms with E-state index in [4.69, 9.17) is 0 Å². The van der Waals surface area contributed by atoms with Gasteiger partial charge in [-0.1, -0.05) is 19.8 Å². The van der Waals surface area contributed by atoms with Gasteiger partial charge in [-0.15, -0.1) is 0 Å². The number of carbonyl (C=O) groups is 1. The van der Waals surface area contributed by atoms with Crippen molar-refractivity contribution in [3.8, 4) is 5.88 Å². The molecule has 1 amide bonds. The molecule has 2 aromatic heterocycles. The maximum Gasteiger partial charge on any atom is 0.274 e. The lowest BCUT2D eigenvalue weighted by Gasteiger charge is -2.29. The standard InChI is InChI=1S/C17H21N3O3/c1-10-7-8-20-13(9-10)19-16(22)14(17(20)23)15(21)18-12-6-4-3-5-11(12)2/h7-9,11-12,22H,3-6H2,1-2H3,(H,18,21). The van der Waals surface area contributed by atoms with E-state index >= 15 is 0 Å². The van der Waals surface area contributed by atoms with Crippen LogP contribution in [0.3, 0.4) is 0 Å². The molecule has 122 valence electrons. The fourth-order valence-corrected chi connectivity index (χ4v) is 3.20. The predicted octanol–water partition coefficient (Wildman–Crippen LogP) is 2.02. The van der Waals surface area contributed by atoms with Crippen molar-refractivity contribution >= 4 is 11.6 Å². The van der Waals surface area contributed by atoms with E-state index in [1.165, 1.54) is 10.8 Å². The van der Waals surface area contributed by atoms with E-state index in [1.54, 1.807) is 18.3 Å².